The molecule has 9 heteroatoms. The van der Waals surface area contributed by atoms with Gasteiger partial charge in [0.25, 0.3) is 0 Å². The summed E-state index contributed by atoms with van der Waals surface area (Å²) < 4.78 is 27.0. The average Bonchev–Trinajstić information content (AvgIpc) is 3.43. The summed E-state index contributed by atoms with van der Waals surface area (Å²) in [6.45, 7) is 5.80. The number of hydrogen-bond donors (Lipinski definition) is 1. The molecule has 2 aromatic rings. The third-order valence-corrected chi connectivity index (χ3v) is 8.68. The van der Waals surface area contributed by atoms with Crippen LogP contribution >= 0.6 is 11.6 Å². The van der Waals surface area contributed by atoms with Crippen LogP contribution in [0.15, 0.2) is 53.4 Å². The molecule has 1 heterocycles. The molecule has 1 aliphatic heterocycles. The molecular formula is C27H36ClN3O4S. The van der Waals surface area contributed by atoms with Crippen molar-refractivity contribution < 1.29 is 18.0 Å². The Morgan fingerprint density at radius 3 is 2.25 bits per heavy atom. The van der Waals surface area contributed by atoms with Crippen LogP contribution in [0.1, 0.15) is 57.1 Å². The predicted octanol–water partition coefficient (Wildman–Crippen LogP) is 4.39. The van der Waals surface area contributed by atoms with Gasteiger partial charge in [-0.2, -0.15) is 4.31 Å². The Kier molecular flexibility index (Phi) is 10.3. The second-order valence-electron chi connectivity index (χ2n) is 9.22. The van der Waals surface area contributed by atoms with E-state index >= 15 is 0 Å². The normalized spacial score (nSPS) is 15.0. The molecule has 3 rings (SSSR count). The van der Waals surface area contributed by atoms with Gasteiger partial charge in [-0.15, -0.1) is 0 Å². The quantitative estimate of drug-likeness (QED) is 0.410. The van der Waals surface area contributed by atoms with Crippen LogP contribution < -0.4 is 5.32 Å². The third-order valence-electron chi connectivity index (χ3n) is 6.52. The van der Waals surface area contributed by atoms with Crippen molar-refractivity contribution in [2.45, 2.75) is 69.9 Å². The van der Waals surface area contributed by atoms with Gasteiger partial charge in [0.1, 0.15) is 6.04 Å². The summed E-state index contributed by atoms with van der Waals surface area (Å²) in [5.41, 5.74) is 1.76. The maximum Gasteiger partial charge on any atom is 0.243 e. The van der Waals surface area contributed by atoms with E-state index in [1.807, 2.05) is 12.1 Å². The van der Waals surface area contributed by atoms with E-state index in [-0.39, 0.29) is 23.1 Å². The van der Waals surface area contributed by atoms with Crippen LogP contribution in [0.5, 0.6) is 0 Å². The maximum absolute atomic E-state index is 13.3. The summed E-state index contributed by atoms with van der Waals surface area (Å²) in [5.74, 6) is -0.320. The summed E-state index contributed by atoms with van der Waals surface area (Å²) in [4.78, 5) is 27.9. The molecule has 1 fully saturated rings. The highest BCUT2D eigenvalue weighted by Crippen LogP contribution is 2.22. The molecule has 7 nitrogen and oxygen atoms in total. The van der Waals surface area contributed by atoms with Crippen LogP contribution in [-0.4, -0.2) is 55.1 Å². The van der Waals surface area contributed by atoms with Crippen LogP contribution in [0.4, 0.5) is 0 Å². The average molecular weight is 534 g/mol. The van der Waals surface area contributed by atoms with E-state index in [9.17, 15) is 18.0 Å². The molecule has 0 bridgehead atoms. The number of unbranched alkanes of at least 4 members (excludes halogenated alkanes) is 1. The number of nitrogens with zero attached hydrogens (tertiary/aromatic N) is 2. The van der Waals surface area contributed by atoms with E-state index in [0.29, 0.717) is 37.6 Å². The van der Waals surface area contributed by atoms with Crippen molar-refractivity contribution in [1.82, 2.24) is 14.5 Å². The van der Waals surface area contributed by atoms with Crippen molar-refractivity contribution in [3.63, 3.8) is 0 Å². The zero-order chi connectivity index (χ0) is 26.1. The SMILES string of the molecule is CCCCNC(=O)[C@H](C)N(Cc1ccc(Cl)cc1)C(=O)CCc1ccc(S(=O)(=O)N2CCCC2)cc1. The Bertz CT molecular complexity index is 1110. The molecule has 0 radical (unpaired) electrons. The van der Waals surface area contributed by atoms with Crippen molar-refractivity contribution in [2.75, 3.05) is 19.6 Å². The van der Waals surface area contributed by atoms with Gasteiger partial charge in [0, 0.05) is 37.6 Å². The molecule has 0 unspecified atom stereocenters. The maximum atomic E-state index is 13.3. The smallest absolute Gasteiger partial charge is 0.243 e. The second kappa shape index (κ2) is 13.2. The molecule has 0 spiro atoms. The molecule has 0 aliphatic carbocycles. The number of hydrogen-bond acceptors (Lipinski definition) is 4. The number of benzene rings is 2. The fourth-order valence-electron chi connectivity index (χ4n) is 4.21. The molecule has 36 heavy (non-hydrogen) atoms. The number of nitrogens with one attached hydrogen (secondary N) is 1. The number of sulfonamides is 1. The van der Waals surface area contributed by atoms with Crippen molar-refractivity contribution in [3.05, 3.63) is 64.7 Å². The van der Waals surface area contributed by atoms with Gasteiger partial charge in [0.15, 0.2) is 0 Å². The summed E-state index contributed by atoms with van der Waals surface area (Å²) in [7, 11) is -3.46. The van der Waals surface area contributed by atoms with Crippen LogP contribution in [0.3, 0.4) is 0 Å². The molecule has 1 aliphatic rings. The summed E-state index contributed by atoms with van der Waals surface area (Å²) in [6.07, 6.45) is 4.29. The van der Waals surface area contributed by atoms with Gasteiger partial charge in [-0.3, -0.25) is 9.59 Å². The van der Waals surface area contributed by atoms with Crippen LogP contribution in [0, 0.1) is 0 Å². The monoisotopic (exact) mass is 533 g/mol. The van der Waals surface area contributed by atoms with Crippen molar-refractivity contribution >= 4 is 33.4 Å². The van der Waals surface area contributed by atoms with Gasteiger partial charge in [0.2, 0.25) is 21.8 Å². The molecule has 1 saturated heterocycles. The van der Waals surface area contributed by atoms with E-state index in [4.69, 9.17) is 11.6 Å². The molecule has 2 amide bonds. The molecule has 1 N–H and O–H groups in total. The van der Waals surface area contributed by atoms with Crippen LogP contribution in [-0.2, 0) is 32.6 Å². The van der Waals surface area contributed by atoms with Gasteiger partial charge in [-0.05, 0) is 68.0 Å². The van der Waals surface area contributed by atoms with E-state index in [2.05, 4.69) is 12.2 Å². The summed E-state index contributed by atoms with van der Waals surface area (Å²) in [5, 5.41) is 3.52. The van der Waals surface area contributed by atoms with Gasteiger partial charge in [-0.1, -0.05) is 49.2 Å². The van der Waals surface area contributed by atoms with E-state index in [1.165, 1.54) is 4.31 Å². The summed E-state index contributed by atoms with van der Waals surface area (Å²) >= 11 is 6.00. The largest absolute Gasteiger partial charge is 0.354 e. The van der Waals surface area contributed by atoms with Crippen LogP contribution in [0.2, 0.25) is 5.02 Å². The van der Waals surface area contributed by atoms with Crippen molar-refractivity contribution in [2.24, 2.45) is 0 Å². The lowest BCUT2D eigenvalue weighted by Gasteiger charge is -2.29. The number of halogens is 1. The van der Waals surface area contributed by atoms with E-state index in [0.717, 1.165) is 36.8 Å². The third kappa shape index (κ3) is 7.54. The Balaban J connectivity index is 1.67. The predicted molar refractivity (Wildman–Crippen MR) is 142 cm³/mol. The lowest BCUT2D eigenvalue weighted by atomic mass is 10.1. The molecule has 196 valence electrons. The van der Waals surface area contributed by atoms with Gasteiger partial charge >= 0.3 is 0 Å². The van der Waals surface area contributed by atoms with Gasteiger partial charge < -0.3 is 10.2 Å². The molecular weight excluding hydrogens is 498 g/mol. The zero-order valence-corrected chi connectivity index (χ0v) is 22.7. The minimum atomic E-state index is -3.46. The highest BCUT2D eigenvalue weighted by molar-refractivity contribution is 7.89. The molecule has 0 aromatic heterocycles. The van der Waals surface area contributed by atoms with E-state index < -0.39 is 16.1 Å². The minimum absolute atomic E-state index is 0.142. The van der Waals surface area contributed by atoms with Crippen molar-refractivity contribution in [1.29, 1.82) is 0 Å². The standard InChI is InChI=1S/C27H36ClN3O4S/c1-3-4-17-29-27(33)21(2)31(20-23-7-12-24(28)13-8-23)26(32)16-11-22-9-14-25(15-10-22)36(34,35)30-18-5-6-19-30/h7-10,12-15,21H,3-6,11,16-20H2,1-2H3,(H,29,33)/t21-/m0/s1. The Morgan fingerprint density at radius 1 is 1.03 bits per heavy atom. The number of aryl methyl sites for hydroxylation is 1. The first-order chi connectivity index (χ1) is 17.2. The highest BCUT2D eigenvalue weighted by Gasteiger charge is 2.28. The van der Waals surface area contributed by atoms with Gasteiger partial charge in [0.05, 0.1) is 4.90 Å². The Morgan fingerprint density at radius 2 is 1.64 bits per heavy atom. The lowest BCUT2D eigenvalue weighted by Crippen LogP contribution is -2.47. The number of carbonyl (C=O) groups is 2. The number of carbonyl (C=O) groups excluding carboxylic acids is 2. The lowest BCUT2D eigenvalue weighted by molar-refractivity contribution is -0.140. The first-order valence-electron chi connectivity index (χ1n) is 12.6. The second-order valence-corrected chi connectivity index (χ2v) is 11.6. The highest BCUT2D eigenvalue weighted by atomic mass is 35.5. The number of rotatable bonds is 12. The zero-order valence-electron chi connectivity index (χ0n) is 21.1. The van der Waals surface area contributed by atoms with Gasteiger partial charge in [-0.25, -0.2) is 8.42 Å². The van der Waals surface area contributed by atoms with Crippen molar-refractivity contribution in [3.8, 4) is 0 Å². The fourth-order valence-corrected chi connectivity index (χ4v) is 5.85. The molecule has 2 aromatic carbocycles. The Labute approximate surface area is 219 Å². The topological polar surface area (TPSA) is 86.8 Å². The number of amides is 2. The molecule has 0 saturated carbocycles. The summed E-state index contributed by atoms with van der Waals surface area (Å²) in [6, 6.07) is 13.4. The van der Waals surface area contributed by atoms with Crippen LogP contribution in [0.25, 0.3) is 0 Å². The minimum Gasteiger partial charge on any atom is -0.354 e. The molecule has 1 atom stereocenters. The van der Waals surface area contributed by atoms with E-state index in [1.54, 1.807) is 48.2 Å². The Hall–Kier alpha value is -2.42. The first-order valence-corrected chi connectivity index (χ1v) is 14.4. The first kappa shape index (κ1) is 28.2. The fraction of sp³-hybridized carbons (Fsp3) is 0.481.